The minimum Gasteiger partial charge on any atom is -0.321 e. The van der Waals surface area contributed by atoms with Gasteiger partial charge in [0.05, 0.1) is 33.6 Å². The summed E-state index contributed by atoms with van der Waals surface area (Å²) in [5.41, 5.74) is 3.96. The predicted molar refractivity (Wildman–Crippen MR) is 96.5 cm³/mol. The van der Waals surface area contributed by atoms with Gasteiger partial charge in [-0.25, -0.2) is 0 Å². The molecule has 2 N–H and O–H groups in total. The normalized spacial score (nSPS) is 10.8. The standard InChI is InChI=1S/C16H15BrClN5O/c1-9-14(17)10(2)23(22-9)8-11-4-3-5-12(6-11)20-16(24)15-13(18)7-19-21-15/h3-7H,8H2,1-2H3,(H,19,21)(H,20,24). The zero-order chi connectivity index (χ0) is 17.3. The lowest BCUT2D eigenvalue weighted by Crippen LogP contribution is -2.13. The van der Waals surface area contributed by atoms with Crippen molar-refractivity contribution in [2.24, 2.45) is 0 Å². The molecule has 3 aromatic rings. The Bertz CT molecular complexity index is 902. The molecule has 0 aliphatic carbocycles. The van der Waals surface area contributed by atoms with E-state index in [2.05, 4.69) is 36.5 Å². The molecule has 1 amide bonds. The highest BCUT2D eigenvalue weighted by atomic mass is 79.9. The van der Waals surface area contributed by atoms with Gasteiger partial charge < -0.3 is 5.32 Å². The lowest BCUT2D eigenvalue weighted by molar-refractivity contribution is 0.102. The van der Waals surface area contributed by atoms with Gasteiger partial charge in [-0.15, -0.1) is 0 Å². The fourth-order valence-electron chi connectivity index (χ4n) is 2.37. The van der Waals surface area contributed by atoms with Crippen LogP contribution in [-0.2, 0) is 6.54 Å². The first-order valence-corrected chi connectivity index (χ1v) is 8.41. The molecule has 2 aromatic heterocycles. The number of amides is 1. The molecule has 8 heteroatoms. The number of carbonyl (C=O) groups is 1. The zero-order valence-corrected chi connectivity index (χ0v) is 15.4. The van der Waals surface area contributed by atoms with Crippen LogP contribution in [0.1, 0.15) is 27.4 Å². The fraction of sp³-hybridized carbons (Fsp3) is 0.188. The quantitative estimate of drug-likeness (QED) is 0.686. The van der Waals surface area contributed by atoms with Gasteiger partial charge in [-0.3, -0.25) is 14.6 Å². The number of aryl methyl sites for hydroxylation is 1. The Morgan fingerprint density at radius 1 is 1.42 bits per heavy atom. The first-order chi connectivity index (χ1) is 11.5. The van der Waals surface area contributed by atoms with Crippen LogP contribution < -0.4 is 5.32 Å². The highest BCUT2D eigenvalue weighted by Crippen LogP contribution is 2.21. The Balaban J connectivity index is 1.78. The number of aromatic nitrogens is 4. The van der Waals surface area contributed by atoms with Crippen LogP contribution >= 0.6 is 27.5 Å². The van der Waals surface area contributed by atoms with Gasteiger partial charge in [0, 0.05) is 5.69 Å². The van der Waals surface area contributed by atoms with Crippen LogP contribution in [0, 0.1) is 13.8 Å². The molecule has 0 aliphatic rings. The van der Waals surface area contributed by atoms with E-state index in [0.29, 0.717) is 12.2 Å². The molecule has 1 aromatic carbocycles. The second-order valence-electron chi connectivity index (χ2n) is 5.39. The molecule has 24 heavy (non-hydrogen) atoms. The smallest absolute Gasteiger partial charge is 0.275 e. The summed E-state index contributed by atoms with van der Waals surface area (Å²) in [5.74, 6) is -0.330. The number of benzene rings is 1. The van der Waals surface area contributed by atoms with E-state index < -0.39 is 0 Å². The third kappa shape index (κ3) is 3.37. The van der Waals surface area contributed by atoms with Crippen molar-refractivity contribution in [2.75, 3.05) is 5.32 Å². The third-order valence-electron chi connectivity index (χ3n) is 3.63. The SMILES string of the molecule is Cc1nn(Cc2cccc(NC(=O)c3[nH]ncc3Cl)c2)c(C)c1Br. The molecule has 0 aliphatic heterocycles. The lowest BCUT2D eigenvalue weighted by Gasteiger charge is -2.08. The van der Waals surface area contributed by atoms with Gasteiger partial charge in [-0.1, -0.05) is 23.7 Å². The molecule has 0 fully saturated rings. The summed E-state index contributed by atoms with van der Waals surface area (Å²) in [4.78, 5) is 12.2. The van der Waals surface area contributed by atoms with Crippen LogP contribution in [0.25, 0.3) is 0 Å². The van der Waals surface area contributed by atoms with Gasteiger partial charge in [0.25, 0.3) is 5.91 Å². The van der Waals surface area contributed by atoms with Crippen LogP contribution in [0.2, 0.25) is 5.02 Å². The van der Waals surface area contributed by atoms with Crippen molar-refractivity contribution in [3.8, 4) is 0 Å². The maximum atomic E-state index is 12.2. The number of H-pyrrole nitrogens is 1. The molecule has 124 valence electrons. The first kappa shape index (κ1) is 16.7. The summed E-state index contributed by atoms with van der Waals surface area (Å²) in [7, 11) is 0. The zero-order valence-electron chi connectivity index (χ0n) is 13.1. The van der Waals surface area contributed by atoms with E-state index in [4.69, 9.17) is 11.6 Å². The molecular weight excluding hydrogens is 394 g/mol. The third-order valence-corrected chi connectivity index (χ3v) is 5.06. The maximum Gasteiger partial charge on any atom is 0.275 e. The topological polar surface area (TPSA) is 75.6 Å². The van der Waals surface area contributed by atoms with Crippen molar-refractivity contribution in [3.05, 3.63) is 62.6 Å². The lowest BCUT2D eigenvalue weighted by atomic mass is 10.2. The van der Waals surface area contributed by atoms with E-state index in [1.165, 1.54) is 6.20 Å². The number of rotatable bonds is 4. The van der Waals surface area contributed by atoms with Gasteiger partial charge in [0.1, 0.15) is 5.69 Å². The maximum absolute atomic E-state index is 12.2. The van der Waals surface area contributed by atoms with Crippen LogP contribution in [0.4, 0.5) is 5.69 Å². The number of anilines is 1. The van der Waals surface area contributed by atoms with E-state index in [1.807, 2.05) is 42.8 Å². The number of nitrogens with zero attached hydrogens (tertiary/aromatic N) is 3. The van der Waals surface area contributed by atoms with Gasteiger partial charge >= 0.3 is 0 Å². The molecule has 2 heterocycles. The van der Waals surface area contributed by atoms with E-state index in [0.717, 1.165) is 21.4 Å². The highest BCUT2D eigenvalue weighted by Gasteiger charge is 2.13. The summed E-state index contributed by atoms with van der Waals surface area (Å²) in [6.07, 6.45) is 1.40. The summed E-state index contributed by atoms with van der Waals surface area (Å²) >= 11 is 9.43. The molecule has 3 rings (SSSR count). The van der Waals surface area contributed by atoms with E-state index in [1.54, 1.807) is 0 Å². The number of nitrogens with one attached hydrogen (secondary N) is 2. The van der Waals surface area contributed by atoms with Gasteiger partial charge in [-0.05, 0) is 47.5 Å². The van der Waals surface area contributed by atoms with Crippen molar-refractivity contribution in [1.29, 1.82) is 0 Å². The summed E-state index contributed by atoms with van der Waals surface area (Å²) in [5, 5.41) is 13.9. The van der Waals surface area contributed by atoms with Crippen LogP contribution in [-0.4, -0.2) is 25.9 Å². The first-order valence-electron chi connectivity index (χ1n) is 7.24. The number of hydrogen-bond acceptors (Lipinski definition) is 3. The van der Waals surface area contributed by atoms with Crippen molar-refractivity contribution < 1.29 is 4.79 Å². The second kappa shape index (κ2) is 6.78. The minimum absolute atomic E-state index is 0.240. The average molecular weight is 409 g/mol. The van der Waals surface area contributed by atoms with Crippen LogP contribution in [0.15, 0.2) is 34.9 Å². The molecule has 0 spiro atoms. The average Bonchev–Trinajstić information content (AvgIpc) is 3.07. The Labute approximate surface area is 152 Å². The van der Waals surface area contributed by atoms with Crippen LogP contribution in [0.3, 0.4) is 0 Å². The van der Waals surface area contributed by atoms with Crippen molar-refractivity contribution in [3.63, 3.8) is 0 Å². The molecule has 0 bridgehead atoms. The molecule has 0 unspecified atom stereocenters. The van der Waals surface area contributed by atoms with E-state index in [-0.39, 0.29) is 16.6 Å². The monoisotopic (exact) mass is 407 g/mol. The van der Waals surface area contributed by atoms with Crippen molar-refractivity contribution >= 4 is 39.1 Å². The molecule has 6 nitrogen and oxygen atoms in total. The Morgan fingerprint density at radius 3 is 2.83 bits per heavy atom. The van der Waals surface area contributed by atoms with E-state index in [9.17, 15) is 4.79 Å². The molecule has 0 radical (unpaired) electrons. The summed E-state index contributed by atoms with van der Waals surface area (Å²) in [6.45, 7) is 4.58. The van der Waals surface area contributed by atoms with Crippen LogP contribution in [0.5, 0.6) is 0 Å². The van der Waals surface area contributed by atoms with Gasteiger partial charge in [0.2, 0.25) is 0 Å². The summed E-state index contributed by atoms with van der Waals surface area (Å²) < 4.78 is 2.94. The molecule has 0 saturated carbocycles. The fourth-order valence-corrected chi connectivity index (χ4v) is 2.83. The number of hydrogen-bond donors (Lipinski definition) is 2. The van der Waals surface area contributed by atoms with E-state index >= 15 is 0 Å². The summed E-state index contributed by atoms with van der Waals surface area (Å²) in [6, 6.07) is 7.61. The van der Waals surface area contributed by atoms with Crippen molar-refractivity contribution in [1.82, 2.24) is 20.0 Å². The van der Waals surface area contributed by atoms with Gasteiger partial charge in [-0.2, -0.15) is 10.2 Å². The number of carbonyl (C=O) groups excluding carboxylic acids is 1. The Morgan fingerprint density at radius 2 is 2.21 bits per heavy atom. The van der Waals surface area contributed by atoms with Crippen molar-refractivity contribution in [2.45, 2.75) is 20.4 Å². The Hall–Kier alpha value is -2.12. The second-order valence-corrected chi connectivity index (χ2v) is 6.59. The highest BCUT2D eigenvalue weighted by molar-refractivity contribution is 9.10. The predicted octanol–water partition coefficient (Wildman–Crippen LogP) is 3.94. The number of aromatic amines is 1. The molecular formula is C16H15BrClN5O. The largest absolute Gasteiger partial charge is 0.321 e. The number of halogens is 2. The molecule has 0 atom stereocenters. The molecule has 0 saturated heterocycles. The minimum atomic E-state index is -0.330. The van der Waals surface area contributed by atoms with Gasteiger partial charge in [0.15, 0.2) is 0 Å². The Kier molecular flexibility index (Phi) is 4.73.